The lowest BCUT2D eigenvalue weighted by atomic mass is 10.1. The SMILES string of the molecule is CCOC(=O)c1oc2ccccc2c1CN1CCN(S(=O)(=O)c2ccccc2)CC1. The third-order valence-corrected chi connectivity index (χ3v) is 7.17. The molecule has 0 spiro atoms. The number of carbonyl (C=O) groups is 1. The summed E-state index contributed by atoms with van der Waals surface area (Å²) in [6.07, 6.45) is 0. The van der Waals surface area contributed by atoms with Crippen LogP contribution in [-0.4, -0.2) is 56.4 Å². The highest BCUT2D eigenvalue weighted by atomic mass is 32.2. The smallest absolute Gasteiger partial charge is 0.374 e. The van der Waals surface area contributed by atoms with Crippen LogP contribution in [0.3, 0.4) is 0 Å². The van der Waals surface area contributed by atoms with Crippen molar-refractivity contribution in [2.24, 2.45) is 0 Å². The van der Waals surface area contributed by atoms with E-state index in [1.807, 2.05) is 24.3 Å². The number of piperazine rings is 1. The Labute approximate surface area is 175 Å². The second-order valence-electron chi connectivity index (χ2n) is 7.12. The van der Waals surface area contributed by atoms with Crippen molar-refractivity contribution in [3.8, 4) is 0 Å². The van der Waals surface area contributed by atoms with Gasteiger partial charge in [0.2, 0.25) is 15.8 Å². The summed E-state index contributed by atoms with van der Waals surface area (Å²) in [6.45, 7) is 4.42. The average Bonchev–Trinajstić information content (AvgIpc) is 3.13. The van der Waals surface area contributed by atoms with Gasteiger partial charge in [-0.25, -0.2) is 13.2 Å². The van der Waals surface area contributed by atoms with Gasteiger partial charge in [-0.1, -0.05) is 36.4 Å². The van der Waals surface area contributed by atoms with Gasteiger partial charge in [0.25, 0.3) is 0 Å². The number of para-hydroxylation sites is 1. The fourth-order valence-electron chi connectivity index (χ4n) is 3.71. The molecule has 0 saturated carbocycles. The lowest BCUT2D eigenvalue weighted by Crippen LogP contribution is -2.48. The van der Waals surface area contributed by atoms with Gasteiger partial charge in [-0.15, -0.1) is 0 Å². The molecule has 0 atom stereocenters. The number of furan rings is 1. The molecule has 1 fully saturated rings. The number of carbonyl (C=O) groups excluding carboxylic acids is 1. The van der Waals surface area contributed by atoms with Gasteiger partial charge in [-0.05, 0) is 25.1 Å². The number of esters is 1. The Morgan fingerprint density at radius 2 is 1.67 bits per heavy atom. The summed E-state index contributed by atoms with van der Waals surface area (Å²) in [7, 11) is -3.50. The molecule has 7 nitrogen and oxygen atoms in total. The van der Waals surface area contributed by atoms with Gasteiger partial charge in [0, 0.05) is 43.7 Å². The van der Waals surface area contributed by atoms with Crippen LogP contribution in [0.15, 0.2) is 63.9 Å². The van der Waals surface area contributed by atoms with Crippen LogP contribution in [0.1, 0.15) is 23.0 Å². The summed E-state index contributed by atoms with van der Waals surface area (Å²) in [5, 5.41) is 0.875. The van der Waals surface area contributed by atoms with E-state index in [0.29, 0.717) is 43.2 Å². The van der Waals surface area contributed by atoms with Crippen LogP contribution in [0.5, 0.6) is 0 Å². The fraction of sp³-hybridized carbons (Fsp3) is 0.318. The highest BCUT2D eigenvalue weighted by Crippen LogP contribution is 2.28. The molecule has 4 rings (SSSR count). The van der Waals surface area contributed by atoms with E-state index in [0.717, 1.165) is 10.9 Å². The van der Waals surface area contributed by atoms with E-state index in [1.54, 1.807) is 37.3 Å². The number of ether oxygens (including phenoxy) is 1. The zero-order chi connectivity index (χ0) is 21.1. The van der Waals surface area contributed by atoms with Crippen molar-refractivity contribution in [2.75, 3.05) is 32.8 Å². The second-order valence-corrected chi connectivity index (χ2v) is 9.06. The maximum Gasteiger partial charge on any atom is 0.374 e. The van der Waals surface area contributed by atoms with Crippen molar-refractivity contribution in [1.29, 1.82) is 0 Å². The van der Waals surface area contributed by atoms with Gasteiger partial charge < -0.3 is 9.15 Å². The maximum absolute atomic E-state index is 12.8. The van der Waals surface area contributed by atoms with Crippen LogP contribution < -0.4 is 0 Å². The number of benzene rings is 2. The molecule has 0 bridgehead atoms. The lowest BCUT2D eigenvalue weighted by molar-refractivity contribution is 0.0488. The molecule has 1 aliphatic heterocycles. The Hall–Kier alpha value is -2.68. The van der Waals surface area contributed by atoms with Crippen molar-refractivity contribution >= 4 is 27.0 Å². The molecule has 1 saturated heterocycles. The predicted octanol–water partition coefficient (Wildman–Crippen LogP) is 3.12. The van der Waals surface area contributed by atoms with E-state index in [9.17, 15) is 13.2 Å². The highest BCUT2D eigenvalue weighted by Gasteiger charge is 2.30. The van der Waals surface area contributed by atoms with Crippen LogP contribution in [0.25, 0.3) is 11.0 Å². The third kappa shape index (κ3) is 3.98. The van der Waals surface area contributed by atoms with Crippen molar-refractivity contribution in [2.45, 2.75) is 18.4 Å². The van der Waals surface area contributed by atoms with E-state index in [4.69, 9.17) is 9.15 Å². The molecule has 0 unspecified atom stereocenters. The maximum atomic E-state index is 12.8. The van der Waals surface area contributed by atoms with Crippen molar-refractivity contribution < 1.29 is 22.4 Å². The van der Waals surface area contributed by atoms with Gasteiger partial charge >= 0.3 is 5.97 Å². The van der Waals surface area contributed by atoms with Gasteiger partial charge in [0.1, 0.15) is 5.58 Å². The largest absolute Gasteiger partial charge is 0.460 e. The molecule has 30 heavy (non-hydrogen) atoms. The first kappa shape index (κ1) is 20.6. The zero-order valence-electron chi connectivity index (χ0n) is 16.8. The van der Waals surface area contributed by atoms with E-state index >= 15 is 0 Å². The molecule has 158 valence electrons. The molecular formula is C22H24N2O5S. The second kappa shape index (κ2) is 8.59. The van der Waals surface area contributed by atoms with Crippen LogP contribution in [-0.2, 0) is 21.3 Å². The molecule has 0 radical (unpaired) electrons. The Morgan fingerprint density at radius 1 is 1.00 bits per heavy atom. The van der Waals surface area contributed by atoms with E-state index < -0.39 is 16.0 Å². The first-order valence-corrected chi connectivity index (χ1v) is 11.4. The number of fused-ring (bicyclic) bond motifs is 1. The predicted molar refractivity (Wildman–Crippen MR) is 113 cm³/mol. The molecule has 3 aromatic rings. The summed E-state index contributed by atoms with van der Waals surface area (Å²) in [5.74, 6) is -0.258. The normalized spacial score (nSPS) is 16.0. The number of sulfonamides is 1. The third-order valence-electron chi connectivity index (χ3n) is 5.25. The van der Waals surface area contributed by atoms with Crippen LogP contribution >= 0.6 is 0 Å². The number of rotatable bonds is 6. The van der Waals surface area contributed by atoms with E-state index in [2.05, 4.69) is 4.90 Å². The number of hydrogen-bond donors (Lipinski definition) is 0. The van der Waals surface area contributed by atoms with Crippen LogP contribution in [0, 0.1) is 0 Å². The van der Waals surface area contributed by atoms with Gasteiger partial charge in [0.15, 0.2) is 0 Å². The summed E-state index contributed by atoms with van der Waals surface area (Å²) >= 11 is 0. The Bertz CT molecular complexity index is 1130. The summed E-state index contributed by atoms with van der Waals surface area (Å²) < 4.78 is 38.1. The summed E-state index contributed by atoms with van der Waals surface area (Å²) in [4.78, 5) is 14.8. The van der Waals surface area contributed by atoms with Gasteiger partial charge in [-0.3, -0.25) is 4.90 Å². The monoisotopic (exact) mass is 428 g/mol. The molecule has 2 aromatic carbocycles. The molecule has 2 heterocycles. The first-order valence-electron chi connectivity index (χ1n) is 9.96. The minimum absolute atomic E-state index is 0.220. The highest BCUT2D eigenvalue weighted by molar-refractivity contribution is 7.89. The molecular weight excluding hydrogens is 404 g/mol. The molecule has 0 aliphatic carbocycles. The van der Waals surface area contributed by atoms with Crippen LogP contribution in [0.2, 0.25) is 0 Å². The van der Waals surface area contributed by atoms with E-state index in [-0.39, 0.29) is 12.4 Å². The van der Waals surface area contributed by atoms with E-state index in [1.165, 1.54) is 4.31 Å². The fourth-order valence-corrected chi connectivity index (χ4v) is 5.15. The van der Waals surface area contributed by atoms with Crippen LogP contribution in [0.4, 0.5) is 0 Å². The Kier molecular flexibility index (Phi) is 5.90. The molecule has 1 aliphatic rings. The molecule has 0 amide bonds. The minimum atomic E-state index is -3.50. The summed E-state index contributed by atoms with van der Waals surface area (Å²) in [6, 6.07) is 16.0. The van der Waals surface area contributed by atoms with Crippen molar-refractivity contribution in [3.05, 3.63) is 65.9 Å². The van der Waals surface area contributed by atoms with Crippen molar-refractivity contribution in [3.63, 3.8) is 0 Å². The quantitative estimate of drug-likeness (QED) is 0.561. The number of hydrogen-bond acceptors (Lipinski definition) is 6. The lowest BCUT2D eigenvalue weighted by Gasteiger charge is -2.33. The Morgan fingerprint density at radius 3 is 2.37 bits per heavy atom. The zero-order valence-corrected chi connectivity index (χ0v) is 17.6. The standard InChI is InChI=1S/C22H24N2O5S/c1-2-28-22(25)21-19(18-10-6-7-11-20(18)29-21)16-23-12-14-24(15-13-23)30(26,27)17-8-4-3-5-9-17/h3-11H,2,12-16H2,1H3. The van der Waals surface area contributed by atoms with Gasteiger partial charge in [0.05, 0.1) is 11.5 Å². The summed E-state index contributed by atoms with van der Waals surface area (Å²) in [5.41, 5.74) is 1.42. The average molecular weight is 429 g/mol. The molecule has 8 heteroatoms. The Balaban J connectivity index is 1.51. The number of nitrogens with zero attached hydrogens (tertiary/aromatic N) is 2. The first-order chi connectivity index (χ1) is 14.5. The molecule has 1 aromatic heterocycles. The molecule has 0 N–H and O–H groups in total. The van der Waals surface area contributed by atoms with Crippen molar-refractivity contribution in [1.82, 2.24) is 9.21 Å². The topological polar surface area (TPSA) is 80.1 Å². The minimum Gasteiger partial charge on any atom is -0.460 e. The van der Waals surface area contributed by atoms with Gasteiger partial charge in [-0.2, -0.15) is 4.31 Å².